The molecular weight excluding hydrogens is 1070 g/mol. The molecule has 397 valence electrons. The molecule has 71 heavy (non-hydrogen) atoms. The predicted molar refractivity (Wildman–Crippen MR) is 260 cm³/mol. The van der Waals surface area contributed by atoms with Crippen LogP contribution in [0.4, 0.5) is 0 Å². The SMILES string of the molecule is CN(C)C=O.CN(C)C=O.CN(C)C=O.CN(C)C=O.O=N[O-].O=N[O-].[Cu+2].[Ni+2].[Ni+2].[O-]c1ccccc1C=NCCCN=Cc1ccccc1[O-].[O-]c1ccccc1C=NCCCN=Cc1ccccc1[O-]. The minimum Gasteiger partial charge on any atom is -0.872 e. The summed E-state index contributed by atoms with van der Waals surface area (Å²) in [5, 5.41) is 63.7. The van der Waals surface area contributed by atoms with Gasteiger partial charge in [0.05, 0.1) is 0 Å². The van der Waals surface area contributed by atoms with Crippen molar-refractivity contribution in [1.29, 1.82) is 0 Å². The summed E-state index contributed by atoms with van der Waals surface area (Å²) < 4.78 is 0. The van der Waals surface area contributed by atoms with E-state index in [4.69, 9.17) is 20.2 Å². The van der Waals surface area contributed by atoms with Crippen LogP contribution in [0.1, 0.15) is 35.1 Å². The first kappa shape index (κ1) is 78.1. The third-order valence-corrected chi connectivity index (χ3v) is 6.59. The Kier molecular flexibility index (Phi) is 63.0. The van der Waals surface area contributed by atoms with Gasteiger partial charge in [0.25, 0.3) is 0 Å². The maximum absolute atomic E-state index is 11.4. The van der Waals surface area contributed by atoms with Gasteiger partial charge in [-0.1, -0.05) is 97.1 Å². The van der Waals surface area contributed by atoms with E-state index in [1.165, 1.54) is 43.9 Å². The molecule has 0 aliphatic rings. The number of carbonyl (C=O) groups excluding carboxylic acids is 4. The molecule has 25 heteroatoms. The van der Waals surface area contributed by atoms with Gasteiger partial charge in [0.1, 0.15) is 0 Å². The fourth-order valence-corrected chi connectivity index (χ4v) is 3.51. The Labute approximate surface area is 446 Å². The zero-order valence-electron chi connectivity index (χ0n) is 40.4. The van der Waals surface area contributed by atoms with E-state index in [0.717, 1.165) is 49.2 Å². The van der Waals surface area contributed by atoms with E-state index < -0.39 is 0 Å². The molecule has 4 rings (SSSR count). The predicted octanol–water partition coefficient (Wildman–Crippen LogP) is 2.84. The average Bonchev–Trinajstić information content (AvgIpc) is 3.32. The van der Waals surface area contributed by atoms with Gasteiger partial charge in [-0.15, -0.1) is 33.7 Å². The van der Waals surface area contributed by atoms with Crippen molar-refractivity contribution in [3.63, 3.8) is 0 Å². The Bertz CT molecular complexity index is 1770. The smallest absolute Gasteiger partial charge is 0.872 e. The fourth-order valence-electron chi connectivity index (χ4n) is 3.51. The van der Waals surface area contributed by atoms with E-state index in [9.17, 15) is 39.6 Å². The van der Waals surface area contributed by atoms with Gasteiger partial charge in [0.15, 0.2) is 0 Å². The molecule has 0 saturated heterocycles. The second kappa shape index (κ2) is 57.3. The van der Waals surface area contributed by atoms with Crippen LogP contribution in [0.25, 0.3) is 0 Å². The van der Waals surface area contributed by atoms with Crippen molar-refractivity contribution in [3.8, 4) is 23.0 Å². The molecule has 1 radical (unpaired) electrons. The molecular formula is C46H60CuN10Ni2O12. The van der Waals surface area contributed by atoms with Gasteiger partial charge in [-0.05, 0) is 35.1 Å². The standard InChI is InChI=1S/2C17H18N2O2.4C3H7NO.Cu.2HNO2.2Ni/c2*20-16-8-3-1-6-14(16)12-18-10-5-11-19-13-15-7-2-4-9-17(15)21;4*1-4(2)3-5;;2*2-1-3;;/h2*1-4,6-9,12-13,20-21H,5,10-11H2;4*3H,1-2H3;;2*(H,2,3);;/q;;;;;;+2;;;2*+2/p-6. The maximum atomic E-state index is 11.4. The van der Waals surface area contributed by atoms with Gasteiger partial charge in [0.2, 0.25) is 25.6 Å². The van der Waals surface area contributed by atoms with Gasteiger partial charge in [-0.2, -0.15) is 0 Å². The van der Waals surface area contributed by atoms with Crippen molar-refractivity contribution in [2.45, 2.75) is 12.8 Å². The minimum atomic E-state index is -0.0219. The van der Waals surface area contributed by atoms with E-state index in [-0.39, 0.29) is 73.0 Å². The molecule has 0 heterocycles. The molecule has 0 saturated carbocycles. The summed E-state index contributed by atoms with van der Waals surface area (Å²) in [4.78, 5) is 76.3. The van der Waals surface area contributed by atoms with Crippen molar-refractivity contribution in [2.24, 2.45) is 30.6 Å². The first-order valence-corrected chi connectivity index (χ1v) is 19.9. The third-order valence-electron chi connectivity index (χ3n) is 6.59. The van der Waals surface area contributed by atoms with Crippen LogP contribution in [0.2, 0.25) is 0 Å². The van der Waals surface area contributed by atoms with Crippen LogP contribution < -0.4 is 20.4 Å². The molecule has 0 bridgehead atoms. The van der Waals surface area contributed by atoms with E-state index in [1.807, 2.05) is 24.3 Å². The molecule has 0 aromatic heterocycles. The van der Waals surface area contributed by atoms with E-state index in [2.05, 4.69) is 20.0 Å². The zero-order chi connectivity index (χ0) is 52.4. The largest absolute Gasteiger partial charge is 2.00 e. The second-order valence-electron chi connectivity index (χ2n) is 13.4. The van der Waals surface area contributed by atoms with Gasteiger partial charge in [0, 0.05) is 107 Å². The summed E-state index contributed by atoms with van der Waals surface area (Å²) in [6.07, 6.45) is 10.9. The Morgan fingerprint density at radius 2 is 0.521 bits per heavy atom. The first-order chi connectivity index (χ1) is 32.5. The van der Waals surface area contributed by atoms with Crippen molar-refractivity contribution < 1.29 is 89.7 Å². The second-order valence-corrected chi connectivity index (χ2v) is 13.4. The number of carbonyl (C=O) groups is 4. The zero-order valence-corrected chi connectivity index (χ0v) is 43.3. The summed E-state index contributed by atoms with van der Waals surface area (Å²) in [6, 6.07) is 27.2. The number of benzene rings is 4. The number of nitrogens with zero attached hydrogens (tertiary/aromatic N) is 10. The van der Waals surface area contributed by atoms with Gasteiger partial charge >= 0.3 is 50.1 Å². The van der Waals surface area contributed by atoms with Crippen LogP contribution in [0.5, 0.6) is 23.0 Å². The monoisotopic (exact) mass is 1120 g/mol. The van der Waals surface area contributed by atoms with Crippen molar-refractivity contribution in [1.82, 2.24) is 19.6 Å². The summed E-state index contributed by atoms with van der Waals surface area (Å²) in [5.74, 6) is -0.0877. The van der Waals surface area contributed by atoms with E-state index >= 15 is 0 Å². The van der Waals surface area contributed by atoms with Gasteiger partial charge in [-0.3, -0.25) is 39.1 Å². The van der Waals surface area contributed by atoms with Crippen LogP contribution in [0.3, 0.4) is 0 Å². The van der Waals surface area contributed by atoms with Gasteiger partial charge < -0.3 is 60.3 Å². The molecule has 4 amide bonds. The topological polar surface area (TPSA) is 328 Å². The number of rotatable bonds is 16. The molecule has 0 fully saturated rings. The number of hydrogen-bond donors (Lipinski definition) is 0. The minimum absolute atomic E-state index is 0. The molecule has 0 aliphatic carbocycles. The molecule has 0 aliphatic heterocycles. The summed E-state index contributed by atoms with van der Waals surface area (Å²) in [5.41, 5.74) is 2.39. The van der Waals surface area contributed by atoms with Gasteiger partial charge in [-0.25, -0.2) is 0 Å². The third kappa shape index (κ3) is 55.4. The van der Waals surface area contributed by atoms with Crippen LogP contribution in [0, 0.1) is 20.2 Å². The number of hydrogen-bond acceptors (Lipinski definition) is 18. The summed E-state index contributed by atoms with van der Waals surface area (Å²) in [6.45, 7) is 2.41. The molecule has 4 aromatic carbocycles. The summed E-state index contributed by atoms with van der Waals surface area (Å²) >= 11 is 0. The normalized spacial score (nSPS) is 9.01. The fraction of sp³-hybridized carbons (Fsp3) is 0.304. The number of para-hydroxylation sites is 4. The Hall–Kier alpha value is -7.05. The first-order valence-electron chi connectivity index (χ1n) is 19.9. The van der Waals surface area contributed by atoms with Crippen LogP contribution in [0.15, 0.2) is 128 Å². The molecule has 4 aromatic rings. The number of aliphatic imine (C=N–C) groups is 4. The van der Waals surface area contributed by atoms with Crippen LogP contribution in [-0.4, -0.2) is 153 Å². The molecule has 22 nitrogen and oxygen atoms in total. The van der Waals surface area contributed by atoms with E-state index in [1.54, 1.807) is 130 Å². The number of amides is 4. The summed E-state index contributed by atoms with van der Waals surface area (Å²) in [7, 11) is 13.5. The quantitative estimate of drug-likeness (QED) is 0.0391. The molecule has 0 atom stereocenters. The molecule has 0 spiro atoms. The Morgan fingerprint density at radius 3 is 0.648 bits per heavy atom. The van der Waals surface area contributed by atoms with Crippen molar-refractivity contribution >= 4 is 50.5 Å². The van der Waals surface area contributed by atoms with Crippen LogP contribution >= 0.6 is 0 Å². The molecule has 0 N–H and O–H groups in total. The average molecular weight is 1130 g/mol. The van der Waals surface area contributed by atoms with Crippen molar-refractivity contribution in [2.75, 3.05) is 82.6 Å². The Morgan fingerprint density at radius 1 is 0.380 bits per heavy atom. The van der Waals surface area contributed by atoms with Crippen LogP contribution in [-0.2, 0) is 69.2 Å². The van der Waals surface area contributed by atoms with Crippen molar-refractivity contribution in [3.05, 3.63) is 140 Å². The Balaban J connectivity index is -0.000000151. The maximum Gasteiger partial charge on any atom is 2.00 e. The van der Waals surface area contributed by atoms with E-state index in [0.29, 0.717) is 48.4 Å². The molecule has 0 unspecified atom stereocenters.